The number of hydrogen-bond donors (Lipinski definition) is 1. The predicted octanol–water partition coefficient (Wildman–Crippen LogP) is 2.86. The fourth-order valence-electron chi connectivity index (χ4n) is 1.29. The van der Waals surface area contributed by atoms with Crippen LogP contribution in [-0.2, 0) is 0 Å². The summed E-state index contributed by atoms with van der Waals surface area (Å²) < 4.78 is 5.34. The fraction of sp³-hybridized carbons (Fsp3) is 0.200. The average Bonchev–Trinajstić information content (AvgIpc) is 2.50. The molecule has 1 aromatic carbocycles. The number of fused-ring (bicyclic) bond motifs is 1. The van der Waals surface area contributed by atoms with E-state index in [0.717, 1.165) is 23.2 Å². The molecule has 0 bridgehead atoms. The molecule has 12 heavy (non-hydrogen) atoms. The minimum atomic E-state index is 0.869. The Morgan fingerprint density at radius 2 is 2.17 bits per heavy atom. The van der Waals surface area contributed by atoms with Gasteiger partial charge in [0.25, 0.3) is 0 Å². The lowest BCUT2D eigenvalue weighted by molar-refractivity contribution is 0.585. The Morgan fingerprint density at radius 1 is 1.33 bits per heavy atom. The molecule has 2 nitrogen and oxygen atoms in total. The van der Waals surface area contributed by atoms with Gasteiger partial charge in [-0.05, 0) is 13.0 Å². The third kappa shape index (κ3) is 1.05. The lowest BCUT2D eigenvalue weighted by Crippen LogP contribution is -1.94. The van der Waals surface area contributed by atoms with Crippen molar-refractivity contribution in [3.63, 3.8) is 0 Å². The Bertz CT molecular complexity index is 378. The minimum Gasteiger partial charge on any atom is -0.448 e. The Balaban J connectivity index is 2.55. The predicted molar refractivity (Wildman–Crippen MR) is 50.4 cm³/mol. The lowest BCUT2D eigenvalue weighted by atomic mass is 10.2. The van der Waals surface area contributed by atoms with E-state index in [9.17, 15) is 0 Å². The smallest absolute Gasteiger partial charge is 0.200 e. The summed E-state index contributed by atoms with van der Waals surface area (Å²) in [4.78, 5) is 0. The van der Waals surface area contributed by atoms with E-state index in [2.05, 4.69) is 18.3 Å². The quantitative estimate of drug-likeness (QED) is 0.732. The lowest BCUT2D eigenvalue weighted by Gasteiger charge is -1.96. The van der Waals surface area contributed by atoms with Crippen LogP contribution in [0.5, 0.6) is 0 Å². The highest BCUT2D eigenvalue weighted by molar-refractivity contribution is 5.91. The summed E-state index contributed by atoms with van der Waals surface area (Å²) in [5.74, 6) is 0.869. The van der Waals surface area contributed by atoms with Gasteiger partial charge in [0.05, 0.1) is 0 Å². The highest BCUT2D eigenvalue weighted by Crippen LogP contribution is 2.24. The maximum atomic E-state index is 5.34. The highest BCUT2D eigenvalue weighted by Gasteiger charge is 2.01. The van der Waals surface area contributed by atoms with Gasteiger partial charge in [0.15, 0.2) is 0 Å². The van der Waals surface area contributed by atoms with Crippen LogP contribution in [0.4, 0.5) is 5.88 Å². The minimum absolute atomic E-state index is 0.869. The molecule has 0 aliphatic carbocycles. The van der Waals surface area contributed by atoms with Crippen molar-refractivity contribution in [3.05, 3.63) is 30.5 Å². The van der Waals surface area contributed by atoms with Crippen molar-refractivity contribution >= 4 is 16.7 Å². The Labute approximate surface area is 71.2 Å². The van der Waals surface area contributed by atoms with E-state index in [0.29, 0.717) is 0 Å². The first-order valence-electron chi connectivity index (χ1n) is 4.12. The summed E-state index contributed by atoms with van der Waals surface area (Å²) in [5, 5.41) is 5.46. The van der Waals surface area contributed by atoms with E-state index in [4.69, 9.17) is 4.42 Å². The van der Waals surface area contributed by atoms with Crippen LogP contribution in [0.1, 0.15) is 6.92 Å². The molecule has 1 aromatic heterocycles. The molecule has 0 amide bonds. The van der Waals surface area contributed by atoms with E-state index in [-0.39, 0.29) is 0 Å². The fourth-order valence-corrected chi connectivity index (χ4v) is 1.29. The van der Waals surface area contributed by atoms with Crippen molar-refractivity contribution in [1.82, 2.24) is 0 Å². The second-order valence-electron chi connectivity index (χ2n) is 2.68. The van der Waals surface area contributed by atoms with Crippen molar-refractivity contribution in [2.75, 3.05) is 11.9 Å². The molecule has 1 N–H and O–H groups in total. The standard InChI is InChI=1S/C10H11NO/c1-2-11-10-9-6-4-3-5-8(9)7-12-10/h3-7,11H,2H2,1H3. The summed E-state index contributed by atoms with van der Waals surface area (Å²) in [6.07, 6.45) is 1.77. The molecule has 2 heteroatoms. The van der Waals surface area contributed by atoms with E-state index < -0.39 is 0 Å². The van der Waals surface area contributed by atoms with Gasteiger partial charge in [0.1, 0.15) is 6.26 Å². The topological polar surface area (TPSA) is 25.2 Å². The van der Waals surface area contributed by atoms with Crippen molar-refractivity contribution in [2.45, 2.75) is 6.92 Å². The molecule has 0 atom stereocenters. The largest absolute Gasteiger partial charge is 0.448 e. The Morgan fingerprint density at radius 3 is 3.00 bits per heavy atom. The number of benzene rings is 1. The maximum absolute atomic E-state index is 5.34. The van der Waals surface area contributed by atoms with Crippen LogP contribution in [0, 0.1) is 0 Å². The second-order valence-corrected chi connectivity index (χ2v) is 2.68. The van der Waals surface area contributed by atoms with Gasteiger partial charge in [-0.2, -0.15) is 0 Å². The highest BCUT2D eigenvalue weighted by atomic mass is 16.3. The normalized spacial score (nSPS) is 10.4. The van der Waals surface area contributed by atoms with Crippen LogP contribution < -0.4 is 5.32 Å². The second kappa shape index (κ2) is 2.89. The zero-order valence-electron chi connectivity index (χ0n) is 7.00. The van der Waals surface area contributed by atoms with Gasteiger partial charge >= 0.3 is 0 Å². The van der Waals surface area contributed by atoms with Gasteiger partial charge < -0.3 is 9.73 Å². The molecule has 0 aliphatic heterocycles. The van der Waals surface area contributed by atoms with E-state index in [1.54, 1.807) is 6.26 Å². The molecule has 0 aliphatic rings. The maximum Gasteiger partial charge on any atom is 0.200 e. The summed E-state index contributed by atoms with van der Waals surface area (Å²) >= 11 is 0. The Hall–Kier alpha value is -1.44. The summed E-state index contributed by atoms with van der Waals surface area (Å²) in [5.41, 5.74) is 0. The zero-order valence-corrected chi connectivity index (χ0v) is 7.00. The van der Waals surface area contributed by atoms with Crippen molar-refractivity contribution in [1.29, 1.82) is 0 Å². The molecule has 0 radical (unpaired) electrons. The zero-order chi connectivity index (χ0) is 8.39. The van der Waals surface area contributed by atoms with Gasteiger partial charge in [-0.25, -0.2) is 0 Å². The third-order valence-corrected chi connectivity index (χ3v) is 1.85. The SMILES string of the molecule is CCNc1occ2ccccc12. The number of nitrogens with one attached hydrogen (secondary N) is 1. The molecule has 0 saturated heterocycles. The van der Waals surface area contributed by atoms with Crippen LogP contribution in [-0.4, -0.2) is 6.54 Å². The molecular weight excluding hydrogens is 150 g/mol. The van der Waals surface area contributed by atoms with E-state index >= 15 is 0 Å². The van der Waals surface area contributed by atoms with Gasteiger partial charge in [0.2, 0.25) is 5.88 Å². The molecule has 2 aromatic rings. The van der Waals surface area contributed by atoms with Crippen molar-refractivity contribution in [2.24, 2.45) is 0 Å². The van der Waals surface area contributed by atoms with Crippen LogP contribution in [0.3, 0.4) is 0 Å². The van der Waals surface area contributed by atoms with Crippen LogP contribution >= 0.6 is 0 Å². The van der Waals surface area contributed by atoms with Gasteiger partial charge in [-0.1, -0.05) is 18.2 Å². The van der Waals surface area contributed by atoms with Crippen molar-refractivity contribution < 1.29 is 4.42 Å². The van der Waals surface area contributed by atoms with Gasteiger partial charge in [0, 0.05) is 17.3 Å². The summed E-state index contributed by atoms with van der Waals surface area (Å²) in [6, 6.07) is 8.11. The number of anilines is 1. The third-order valence-electron chi connectivity index (χ3n) is 1.85. The first-order valence-corrected chi connectivity index (χ1v) is 4.12. The first-order chi connectivity index (χ1) is 5.92. The van der Waals surface area contributed by atoms with E-state index in [1.807, 2.05) is 18.2 Å². The van der Waals surface area contributed by atoms with Crippen LogP contribution in [0.2, 0.25) is 0 Å². The molecule has 0 saturated carbocycles. The molecule has 2 rings (SSSR count). The van der Waals surface area contributed by atoms with Crippen LogP contribution in [0.15, 0.2) is 34.9 Å². The Kier molecular flexibility index (Phi) is 1.74. The first kappa shape index (κ1) is 7.22. The monoisotopic (exact) mass is 161 g/mol. The molecule has 1 heterocycles. The van der Waals surface area contributed by atoms with Gasteiger partial charge in [-0.15, -0.1) is 0 Å². The van der Waals surface area contributed by atoms with E-state index in [1.165, 1.54) is 0 Å². The molecule has 0 fully saturated rings. The molecular formula is C10H11NO. The molecule has 0 spiro atoms. The van der Waals surface area contributed by atoms with Crippen LogP contribution in [0.25, 0.3) is 10.8 Å². The summed E-state index contributed by atoms with van der Waals surface area (Å²) in [7, 11) is 0. The summed E-state index contributed by atoms with van der Waals surface area (Å²) in [6.45, 7) is 2.94. The number of furan rings is 1. The average molecular weight is 161 g/mol. The molecule has 62 valence electrons. The van der Waals surface area contributed by atoms with Gasteiger partial charge in [-0.3, -0.25) is 0 Å². The van der Waals surface area contributed by atoms with Crippen molar-refractivity contribution in [3.8, 4) is 0 Å². The number of rotatable bonds is 2. The molecule has 0 unspecified atom stereocenters. The number of hydrogen-bond acceptors (Lipinski definition) is 2.